The van der Waals surface area contributed by atoms with Gasteiger partial charge in [0.05, 0.1) is 12.2 Å². The van der Waals surface area contributed by atoms with E-state index in [0.717, 1.165) is 31.0 Å². The highest BCUT2D eigenvalue weighted by atomic mass is 19.4. The minimum absolute atomic E-state index is 0.0176. The lowest BCUT2D eigenvalue weighted by atomic mass is 9.92. The largest absolute Gasteiger partial charge is 0.461 e. The van der Waals surface area contributed by atoms with E-state index in [1.807, 2.05) is 0 Å². The molecule has 0 spiro atoms. The SMILES string of the molecule is CCOC(=O)c1noc(C2CC2)c1C(=O)c1ccc(C(F)(F)F)cc1Cc1ccn[nH]1. The fourth-order valence-corrected chi connectivity index (χ4v) is 3.35. The first-order valence-corrected chi connectivity index (χ1v) is 9.69. The summed E-state index contributed by atoms with van der Waals surface area (Å²) in [5.74, 6) is -1.24. The highest BCUT2D eigenvalue weighted by molar-refractivity contribution is 6.15. The smallest absolute Gasteiger partial charge is 0.416 e. The fraction of sp³-hybridized carbons (Fsp3) is 0.333. The predicted octanol–water partition coefficient (Wildman–Crippen LogP) is 4.29. The average molecular weight is 433 g/mol. The zero-order valence-corrected chi connectivity index (χ0v) is 16.5. The number of esters is 1. The maximum absolute atomic E-state index is 13.5. The van der Waals surface area contributed by atoms with Crippen molar-refractivity contribution in [2.75, 3.05) is 6.61 Å². The molecule has 4 rings (SSSR count). The van der Waals surface area contributed by atoms with Crippen molar-refractivity contribution in [2.45, 2.75) is 38.3 Å². The highest BCUT2D eigenvalue weighted by Gasteiger charge is 2.38. The molecule has 162 valence electrons. The zero-order chi connectivity index (χ0) is 22.2. The maximum atomic E-state index is 13.5. The molecule has 0 unspecified atom stereocenters. The third-order valence-electron chi connectivity index (χ3n) is 4.98. The molecular formula is C21H18F3N3O4. The number of rotatable bonds is 7. The molecule has 0 atom stereocenters. The number of ether oxygens (including phenoxy) is 1. The second kappa shape index (κ2) is 8.01. The monoisotopic (exact) mass is 433 g/mol. The van der Waals surface area contributed by atoms with Crippen molar-refractivity contribution in [1.82, 2.24) is 15.4 Å². The van der Waals surface area contributed by atoms with Crippen molar-refractivity contribution in [3.63, 3.8) is 0 Å². The van der Waals surface area contributed by atoms with Crippen LogP contribution in [0.2, 0.25) is 0 Å². The summed E-state index contributed by atoms with van der Waals surface area (Å²) >= 11 is 0. The van der Waals surface area contributed by atoms with Gasteiger partial charge in [-0.25, -0.2) is 4.79 Å². The van der Waals surface area contributed by atoms with E-state index in [-0.39, 0.29) is 47.1 Å². The van der Waals surface area contributed by atoms with E-state index in [9.17, 15) is 22.8 Å². The average Bonchev–Trinajstić information content (AvgIpc) is 3.25. The van der Waals surface area contributed by atoms with E-state index in [2.05, 4.69) is 15.4 Å². The number of nitrogens with one attached hydrogen (secondary N) is 1. The van der Waals surface area contributed by atoms with E-state index in [0.29, 0.717) is 5.69 Å². The van der Waals surface area contributed by atoms with E-state index < -0.39 is 23.5 Å². The second-order valence-electron chi connectivity index (χ2n) is 7.22. The summed E-state index contributed by atoms with van der Waals surface area (Å²) in [7, 11) is 0. The van der Waals surface area contributed by atoms with Crippen molar-refractivity contribution in [1.29, 1.82) is 0 Å². The lowest BCUT2D eigenvalue weighted by Crippen LogP contribution is -2.15. The van der Waals surface area contributed by atoms with Gasteiger partial charge in [0.2, 0.25) is 5.69 Å². The van der Waals surface area contributed by atoms with Gasteiger partial charge in [0.25, 0.3) is 0 Å². The van der Waals surface area contributed by atoms with Crippen LogP contribution in [0.1, 0.15) is 74.7 Å². The number of alkyl halides is 3. The Balaban J connectivity index is 1.81. The molecule has 0 aliphatic heterocycles. The topological polar surface area (TPSA) is 98.1 Å². The third kappa shape index (κ3) is 4.23. The number of nitrogens with zero attached hydrogens (tertiary/aromatic N) is 2. The van der Waals surface area contributed by atoms with Crippen LogP contribution < -0.4 is 0 Å². The molecule has 2 aromatic heterocycles. The van der Waals surface area contributed by atoms with Crippen LogP contribution in [-0.2, 0) is 17.3 Å². The maximum Gasteiger partial charge on any atom is 0.416 e. The first kappa shape index (κ1) is 20.8. The molecule has 0 radical (unpaired) electrons. The van der Waals surface area contributed by atoms with Crippen molar-refractivity contribution >= 4 is 11.8 Å². The third-order valence-corrected chi connectivity index (χ3v) is 4.98. The minimum atomic E-state index is -4.57. The standard InChI is InChI=1S/C21H18F3N3O4/c1-2-30-20(29)17-16(19(31-27-17)11-3-4-11)18(28)15-6-5-13(21(22,23)24)9-12(15)10-14-7-8-25-26-14/h5-9,11H,2-4,10H2,1H3,(H,25,26). The van der Waals surface area contributed by atoms with Crippen LogP contribution in [0.5, 0.6) is 0 Å². The van der Waals surface area contributed by atoms with Gasteiger partial charge < -0.3 is 9.26 Å². The number of benzene rings is 1. The lowest BCUT2D eigenvalue weighted by Gasteiger charge is -2.13. The van der Waals surface area contributed by atoms with Gasteiger partial charge in [-0.2, -0.15) is 18.3 Å². The van der Waals surface area contributed by atoms with Gasteiger partial charge >= 0.3 is 12.1 Å². The normalized spacial score (nSPS) is 13.9. The Labute approximate surface area is 174 Å². The number of H-pyrrole nitrogens is 1. The molecule has 1 N–H and O–H groups in total. The van der Waals surface area contributed by atoms with E-state index in [1.54, 1.807) is 13.0 Å². The predicted molar refractivity (Wildman–Crippen MR) is 101 cm³/mol. The first-order chi connectivity index (χ1) is 14.8. The summed E-state index contributed by atoms with van der Waals surface area (Å²) in [6.07, 6.45) is -1.55. The minimum Gasteiger partial charge on any atom is -0.461 e. The molecule has 1 fully saturated rings. The summed E-state index contributed by atoms with van der Waals surface area (Å²) in [5, 5.41) is 10.2. The molecule has 0 saturated heterocycles. The van der Waals surface area contributed by atoms with Gasteiger partial charge in [0, 0.05) is 29.8 Å². The van der Waals surface area contributed by atoms with Crippen LogP contribution in [0.4, 0.5) is 13.2 Å². The molecule has 1 saturated carbocycles. The van der Waals surface area contributed by atoms with Gasteiger partial charge in [-0.15, -0.1) is 0 Å². The summed E-state index contributed by atoms with van der Waals surface area (Å²) in [6, 6.07) is 4.50. The fourth-order valence-electron chi connectivity index (χ4n) is 3.35. The molecule has 3 aromatic rings. The number of carbonyl (C=O) groups excluding carboxylic acids is 2. The number of hydrogen-bond acceptors (Lipinski definition) is 6. The van der Waals surface area contributed by atoms with Gasteiger partial charge in [-0.3, -0.25) is 9.89 Å². The van der Waals surface area contributed by atoms with E-state index >= 15 is 0 Å². The number of ketones is 1. The van der Waals surface area contributed by atoms with Gasteiger partial charge in [-0.1, -0.05) is 11.2 Å². The quantitative estimate of drug-likeness (QED) is 0.441. The van der Waals surface area contributed by atoms with Crippen molar-refractivity contribution in [3.8, 4) is 0 Å². The molecule has 0 amide bonds. The van der Waals surface area contributed by atoms with Gasteiger partial charge in [0.15, 0.2) is 11.5 Å². The zero-order valence-electron chi connectivity index (χ0n) is 16.5. The Morgan fingerprint density at radius 3 is 2.65 bits per heavy atom. The van der Waals surface area contributed by atoms with Crippen molar-refractivity contribution < 1.29 is 32.0 Å². The summed E-state index contributed by atoms with van der Waals surface area (Å²) in [4.78, 5) is 25.8. The molecule has 1 aromatic carbocycles. The summed E-state index contributed by atoms with van der Waals surface area (Å²) in [6.45, 7) is 1.68. The van der Waals surface area contributed by atoms with Gasteiger partial charge in [-0.05, 0) is 43.5 Å². The Hall–Kier alpha value is -3.43. The van der Waals surface area contributed by atoms with Crippen LogP contribution in [0.15, 0.2) is 35.0 Å². The summed E-state index contributed by atoms with van der Waals surface area (Å²) < 4.78 is 50.1. The molecule has 1 aliphatic carbocycles. The van der Waals surface area contributed by atoms with Crippen LogP contribution in [0.25, 0.3) is 0 Å². The summed E-state index contributed by atoms with van der Waals surface area (Å²) in [5.41, 5.74) is -0.489. The van der Waals surface area contributed by atoms with E-state index in [4.69, 9.17) is 9.26 Å². The molecule has 31 heavy (non-hydrogen) atoms. The molecule has 10 heteroatoms. The van der Waals surface area contributed by atoms with Crippen LogP contribution in [0.3, 0.4) is 0 Å². The van der Waals surface area contributed by atoms with E-state index in [1.165, 1.54) is 6.20 Å². The molecule has 2 heterocycles. The Kier molecular flexibility index (Phi) is 5.38. The Morgan fingerprint density at radius 2 is 2.03 bits per heavy atom. The highest BCUT2D eigenvalue weighted by Crippen LogP contribution is 2.43. The Bertz CT molecular complexity index is 1120. The molecule has 0 bridgehead atoms. The first-order valence-electron chi connectivity index (χ1n) is 9.69. The number of aromatic amines is 1. The number of hydrogen-bond donors (Lipinski definition) is 1. The van der Waals surface area contributed by atoms with Crippen LogP contribution in [-0.4, -0.2) is 33.7 Å². The Morgan fingerprint density at radius 1 is 1.26 bits per heavy atom. The number of carbonyl (C=O) groups is 2. The van der Waals surface area contributed by atoms with Crippen LogP contribution in [0, 0.1) is 0 Å². The van der Waals surface area contributed by atoms with Crippen molar-refractivity contribution in [2.24, 2.45) is 0 Å². The molecular weight excluding hydrogens is 415 g/mol. The molecule has 7 nitrogen and oxygen atoms in total. The lowest BCUT2D eigenvalue weighted by molar-refractivity contribution is -0.137. The van der Waals surface area contributed by atoms with Crippen LogP contribution >= 0.6 is 0 Å². The van der Waals surface area contributed by atoms with Gasteiger partial charge in [0.1, 0.15) is 5.56 Å². The number of aromatic nitrogens is 3. The number of halogens is 3. The van der Waals surface area contributed by atoms with Crippen molar-refractivity contribution in [3.05, 3.63) is 69.9 Å². The second-order valence-corrected chi connectivity index (χ2v) is 7.22. The molecule has 1 aliphatic rings.